The molecular formula is C25H22BrFN2O3. The minimum Gasteiger partial charge on any atom is -0.497 e. The van der Waals surface area contributed by atoms with Crippen molar-refractivity contribution in [2.45, 2.75) is 19.6 Å². The Morgan fingerprint density at radius 2 is 1.91 bits per heavy atom. The van der Waals surface area contributed by atoms with Gasteiger partial charge >= 0.3 is 5.97 Å². The Kier molecular flexibility index (Phi) is 6.58. The lowest BCUT2D eigenvalue weighted by atomic mass is 10.1. The van der Waals surface area contributed by atoms with E-state index in [1.54, 1.807) is 42.0 Å². The molecule has 32 heavy (non-hydrogen) atoms. The zero-order valence-electron chi connectivity index (χ0n) is 17.4. The SMILES string of the molecule is COc1ccc2c(CNCc3cccc(Br)c3)c(C(=O)O)n(Cc3ccccc3F)c2c1. The maximum absolute atomic E-state index is 14.4. The summed E-state index contributed by atoms with van der Waals surface area (Å²) in [6, 6.07) is 19.8. The maximum Gasteiger partial charge on any atom is 0.352 e. The molecule has 0 bridgehead atoms. The van der Waals surface area contributed by atoms with Crippen LogP contribution in [-0.4, -0.2) is 22.8 Å². The molecule has 0 spiro atoms. The Balaban J connectivity index is 1.76. The van der Waals surface area contributed by atoms with Crippen molar-refractivity contribution >= 4 is 32.8 Å². The highest BCUT2D eigenvalue weighted by Crippen LogP contribution is 2.31. The number of ether oxygens (including phenoxy) is 1. The fourth-order valence-electron chi connectivity index (χ4n) is 3.89. The molecule has 164 valence electrons. The number of carboxylic acid groups (broad SMARTS) is 1. The quantitative estimate of drug-likeness (QED) is 0.333. The van der Waals surface area contributed by atoms with Gasteiger partial charge in [-0.25, -0.2) is 9.18 Å². The van der Waals surface area contributed by atoms with Gasteiger partial charge in [0.15, 0.2) is 0 Å². The van der Waals surface area contributed by atoms with Crippen molar-refractivity contribution in [1.82, 2.24) is 9.88 Å². The second kappa shape index (κ2) is 9.54. The Morgan fingerprint density at radius 1 is 1.09 bits per heavy atom. The number of benzene rings is 3. The van der Waals surface area contributed by atoms with Crippen molar-refractivity contribution in [2.75, 3.05) is 7.11 Å². The molecule has 0 radical (unpaired) electrons. The number of nitrogens with one attached hydrogen (secondary N) is 1. The van der Waals surface area contributed by atoms with E-state index in [9.17, 15) is 14.3 Å². The molecule has 0 saturated heterocycles. The van der Waals surface area contributed by atoms with Crippen LogP contribution in [-0.2, 0) is 19.6 Å². The second-order valence-electron chi connectivity index (χ2n) is 7.43. The molecule has 7 heteroatoms. The summed E-state index contributed by atoms with van der Waals surface area (Å²) in [5, 5.41) is 14.2. The number of aromatic carboxylic acids is 1. The molecule has 0 fully saturated rings. The molecule has 5 nitrogen and oxygen atoms in total. The van der Waals surface area contributed by atoms with Crippen LogP contribution in [0, 0.1) is 5.82 Å². The minimum absolute atomic E-state index is 0.101. The van der Waals surface area contributed by atoms with Gasteiger partial charge < -0.3 is 19.7 Å². The summed E-state index contributed by atoms with van der Waals surface area (Å²) in [5.41, 5.74) is 2.97. The summed E-state index contributed by atoms with van der Waals surface area (Å²) in [4.78, 5) is 12.3. The van der Waals surface area contributed by atoms with E-state index in [-0.39, 0.29) is 18.1 Å². The third-order valence-electron chi connectivity index (χ3n) is 5.39. The van der Waals surface area contributed by atoms with Crippen LogP contribution >= 0.6 is 15.9 Å². The van der Waals surface area contributed by atoms with E-state index in [2.05, 4.69) is 21.2 Å². The molecule has 4 rings (SSSR count). The maximum atomic E-state index is 14.4. The summed E-state index contributed by atoms with van der Waals surface area (Å²) in [7, 11) is 1.56. The first-order valence-electron chi connectivity index (χ1n) is 10.1. The van der Waals surface area contributed by atoms with Crippen LogP contribution in [0.3, 0.4) is 0 Å². The Morgan fingerprint density at radius 3 is 2.62 bits per heavy atom. The zero-order valence-corrected chi connectivity index (χ0v) is 19.0. The smallest absolute Gasteiger partial charge is 0.352 e. The number of hydrogen-bond acceptors (Lipinski definition) is 3. The first-order chi connectivity index (χ1) is 15.5. The molecule has 0 unspecified atom stereocenters. The molecule has 2 N–H and O–H groups in total. The fourth-order valence-corrected chi connectivity index (χ4v) is 4.34. The lowest BCUT2D eigenvalue weighted by Crippen LogP contribution is -2.17. The highest BCUT2D eigenvalue weighted by molar-refractivity contribution is 9.10. The van der Waals surface area contributed by atoms with E-state index >= 15 is 0 Å². The highest BCUT2D eigenvalue weighted by atomic mass is 79.9. The van der Waals surface area contributed by atoms with E-state index in [1.807, 2.05) is 30.3 Å². The first kappa shape index (κ1) is 22.0. The molecule has 4 aromatic rings. The topological polar surface area (TPSA) is 63.5 Å². The van der Waals surface area contributed by atoms with Crippen LogP contribution < -0.4 is 10.1 Å². The molecular weight excluding hydrogens is 475 g/mol. The average molecular weight is 497 g/mol. The lowest BCUT2D eigenvalue weighted by molar-refractivity contribution is 0.0684. The summed E-state index contributed by atoms with van der Waals surface area (Å²) in [6.45, 7) is 1.03. The van der Waals surface area contributed by atoms with Crippen LogP contribution in [0.2, 0.25) is 0 Å². The molecule has 3 aromatic carbocycles. The van der Waals surface area contributed by atoms with Crippen LogP contribution in [0.5, 0.6) is 5.75 Å². The molecule has 0 aliphatic rings. The predicted octanol–water partition coefficient (Wildman–Crippen LogP) is 5.59. The van der Waals surface area contributed by atoms with Gasteiger partial charge in [-0.1, -0.05) is 46.3 Å². The van der Waals surface area contributed by atoms with Crippen molar-refractivity contribution in [3.05, 3.63) is 99.4 Å². The number of carboxylic acids is 1. The first-order valence-corrected chi connectivity index (χ1v) is 10.9. The van der Waals surface area contributed by atoms with Gasteiger partial charge in [-0.3, -0.25) is 0 Å². The van der Waals surface area contributed by atoms with Gasteiger partial charge in [0, 0.05) is 40.1 Å². The van der Waals surface area contributed by atoms with E-state index in [4.69, 9.17) is 4.74 Å². The summed E-state index contributed by atoms with van der Waals surface area (Å²) >= 11 is 3.47. The van der Waals surface area contributed by atoms with Gasteiger partial charge in [0.05, 0.1) is 19.2 Å². The largest absolute Gasteiger partial charge is 0.497 e. The minimum atomic E-state index is -1.06. The normalized spacial score (nSPS) is 11.1. The zero-order chi connectivity index (χ0) is 22.7. The van der Waals surface area contributed by atoms with E-state index in [1.165, 1.54) is 6.07 Å². The Bertz CT molecular complexity index is 1290. The number of rotatable bonds is 8. The van der Waals surface area contributed by atoms with Gasteiger partial charge in [0.2, 0.25) is 0 Å². The number of fused-ring (bicyclic) bond motifs is 1. The Hall–Kier alpha value is -3.16. The van der Waals surface area contributed by atoms with Crippen LogP contribution in [0.4, 0.5) is 4.39 Å². The third kappa shape index (κ3) is 4.54. The number of carbonyl (C=O) groups is 1. The van der Waals surface area contributed by atoms with Crippen molar-refractivity contribution < 1.29 is 19.0 Å². The van der Waals surface area contributed by atoms with E-state index < -0.39 is 5.97 Å². The second-order valence-corrected chi connectivity index (χ2v) is 8.34. The Labute approximate surface area is 193 Å². The molecule has 0 amide bonds. The van der Waals surface area contributed by atoms with Crippen molar-refractivity contribution in [3.8, 4) is 5.75 Å². The average Bonchev–Trinajstić information content (AvgIpc) is 3.08. The molecule has 1 aromatic heterocycles. The van der Waals surface area contributed by atoms with Crippen molar-refractivity contribution in [3.63, 3.8) is 0 Å². The standard InChI is InChI=1S/C25H22BrFN2O3/c1-32-19-9-10-20-21(14-28-13-16-5-4-7-18(26)11-16)24(25(30)31)29(23(20)12-19)15-17-6-2-3-8-22(17)27/h2-12,28H,13-15H2,1H3,(H,30,31). The van der Waals surface area contributed by atoms with Gasteiger partial charge in [0.1, 0.15) is 17.3 Å². The number of nitrogens with zero attached hydrogens (tertiary/aromatic N) is 1. The van der Waals surface area contributed by atoms with Crippen LogP contribution in [0.15, 0.2) is 71.2 Å². The van der Waals surface area contributed by atoms with E-state index in [0.29, 0.717) is 35.5 Å². The summed E-state index contributed by atoms with van der Waals surface area (Å²) in [6.07, 6.45) is 0. The monoisotopic (exact) mass is 496 g/mol. The number of halogens is 2. The van der Waals surface area contributed by atoms with Crippen LogP contribution in [0.25, 0.3) is 10.9 Å². The van der Waals surface area contributed by atoms with Gasteiger partial charge in [-0.15, -0.1) is 0 Å². The molecule has 0 saturated carbocycles. The summed E-state index contributed by atoms with van der Waals surface area (Å²) < 4.78 is 22.4. The highest BCUT2D eigenvalue weighted by Gasteiger charge is 2.23. The van der Waals surface area contributed by atoms with E-state index in [0.717, 1.165) is 15.4 Å². The molecule has 0 aliphatic heterocycles. The summed E-state index contributed by atoms with van der Waals surface area (Å²) in [5.74, 6) is -0.825. The number of hydrogen-bond donors (Lipinski definition) is 2. The third-order valence-corrected chi connectivity index (χ3v) is 5.88. The predicted molar refractivity (Wildman–Crippen MR) is 126 cm³/mol. The number of aromatic nitrogens is 1. The fraction of sp³-hybridized carbons (Fsp3) is 0.160. The lowest BCUT2D eigenvalue weighted by Gasteiger charge is -2.11. The van der Waals surface area contributed by atoms with Gasteiger partial charge in [0.25, 0.3) is 0 Å². The van der Waals surface area contributed by atoms with Crippen molar-refractivity contribution in [1.29, 1.82) is 0 Å². The molecule has 0 aliphatic carbocycles. The molecule has 1 heterocycles. The van der Waals surface area contributed by atoms with Crippen LogP contribution in [0.1, 0.15) is 27.2 Å². The van der Waals surface area contributed by atoms with Crippen molar-refractivity contribution in [2.24, 2.45) is 0 Å². The number of methoxy groups -OCH3 is 1. The molecule has 0 atom stereocenters. The van der Waals surface area contributed by atoms with Gasteiger partial charge in [-0.2, -0.15) is 0 Å². The van der Waals surface area contributed by atoms with Gasteiger partial charge in [-0.05, 0) is 35.9 Å².